The Bertz CT molecular complexity index is 2190. The van der Waals surface area contributed by atoms with Crippen molar-refractivity contribution in [2.24, 2.45) is 0 Å². The maximum Gasteiger partial charge on any atom is 0.249 e. The van der Waals surface area contributed by atoms with Crippen LogP contribution in [0, 0.1) is 0 Å². The minimum Gasteiger partial charge on any atom is -0.457 e. The van der Waals surface area contributed by atoms with Gasteiger partial charge in [0.2, 0.25) is 11.8 Å². The van der Waals surface area contributed by atoms with Crippen LogP contribution in [0.2, 0.25) is 0 Å². The van der Waals surface area contributed by atoms with Crippen molar-refractivity contribution >= 4 is 40.0 Å². The molecular weight excluding hydrogens is 743 g/mol. The molecule has 59 heavy (non-hydrogen) atoms. The quantitative estimate of drug-likeness (QED) is 0.139. The lowest BCUT2D eigenvalue weighted by Crippen LogP contribution is -2.49. The Labute approximate surface area is 345 Å². The number of imide groups is 1. The predicted octanol–water partition coefficient (Wildman–Crippen LogP) is 5.40. The number of ether oxygens (including phenoxy) is 1. The van der Waals surface area contributed by atoms with Gasteiger partial charge in [-0.3, -0.25) is 19.8 Å². The molecule has 0 bridgehead atoms. The maximum atomic E-state index is 12.1. The van der Waals surface area contributed by atoms with Crippen LogP contribution in [0.5, 0.6) is 11.5 Å². The number of hydrogen-bond acceptors (Lipinski definition) is 12. The fourth-order valence-electron chi connectivity index (χ4n) is 9.31. The summed E-state index contributed by atoms with van der Waals surface area (Å²) in [6.45, 7) is 11.0. The van der Waals surface area contributed by atoms with Gasteiger partial charge in [0.25, 0.3) is 0 Å². The number of fused-ring (bicyclic) bond motifs is 1. The first-order valence-corrected chi connectivity index (χ1v) is 21.4. The Hall–Kier alpha value is -5.57. The lowest BCUT2D eigenvalue weighted by Gasteiger charge is -2.42. The molecule has 0 saturated carbocycles. The molecule has 2 aromatic heterocycles. The van der Waals surface area contributed by atoms with Crippen LogP contribution in [-0.2, 0) is 9.59 Å². The molecule has 2 amide bonds. The summed E-state index contributed by atoms with van der Waals surface area (Å²) < 4.78 is 8.13. The Morgan fingerprint density at radius 3 is 2.12 bits per heavy atom. The largest absolute Gasteiger partial charge is 0.457 e. The van der Waals surface area contributed by atoms with Gasteiger partial charge in [0, 0.05) is 68.7 Å². The fourth-order valence-corrected chi connectivity index (χ4v) is 9.31. The Kier molecular flexibility index (Phi) is 11.7. The van der Waals surface area contributed by atoms with E-state index in [4.69, 9.17) is 15.6 Å². The fraction of sp³-hybridized carbons (Fsp3) is 0.444. The summed E-state index contributed by atoms with van der Waals surface area (Å²) in [5.41, 5.74) is 11.2. The molecule has 1 unspecified atom stereocenters. The number of aromatic nitrogens is 4. The molecule has 0 aliphatic carbocycles. The number of likely N-dealkylation sites (tertiary alicyclic amines) is 2. The van der Waals surface area contributed by atoms with E-state index in [9.17, 15) is 9.59 Å². The topological polar surface area (TPSA) is 150 Å². The molecule has 4 fully saturated rings. The van der Waals surface area contributed by atoms with Crippen molar-refractivity contribution in [2.45, 2.75) is 63.1 Å². The monoisotopic (exact) mass is 797 g/mol. The average molecular weight is 798 g/mol. The first kappa shape index (κ1) is 38.9. The second-order valence-corrected chi connectivity index (χ2v) is 16.4. The van der Waals surface area contributed by atoms with E-state index in [1.54, 1.807) is 6.33 Å². The van der Waals surface area contributed by atoms with Crippen molar-refractivity contribution in [3.63, 3.8) is 0 Å². The van der Waals surface area contributed by atoms with Crippen LogP contribution in [0.4, 0.5) is 17.2 Å². The van der Waals surface area contributed by atoms with E-state index in [-0.39, 0.29) is 23.9 Å². The summed E-state index contributed by atoms with van der Waals surface area (Å²) in [6, 6.07) is 26.6. The number of carbonyl (C=O) groups excluding carboxylic acids is 2. The molecule has 14 nitrogen and oxygen atoms in total. The van der Waals surface area contributed by atoms with Crippen molar-refractivity contribution < 1.29 is 14.3 Å². The van der Waals surface area contributed by atoms with E-state index in [1.807, 2.05) is 66.7 Å². The summed E-state index contributed by atoms with van der Waals surface area (Å²) >= 11 is 0. The van der Waals surface area contributed by atoms with Gasteiger partial charge in [0.1, 0.15) is 35.4 Å². The van der Waals surface area contributed by atoms with Crippen LogP contribution < -0.4 is 26.0 Å². The normalized spacial score (nSPS) is 20.5. The van der Waals surface area contributed by atoms with Crippen LogP contribution in [0.1, 0.15) is 51.0 Å². The third-order valence-corrected chi connectivity index (χ3v) is 12.7. The van der Waals surface area contributed by atoms with Gasteiger partial charge < -0.3 is 30.5 Å². The number of nitrogens with zero attached hydrogens (tertiary/aromatic N) is 8. The van der Waals surface area contributed by atoms with Crippen LogP contribution in [0.3, 0.4) is 0 Å². The van der Waals surface area contributed by atoms with E-state index < -0.39 is 0 Å². The number of amides is 2. The molecule has 5 aromatic rings. The van der Waals surface area contributed by atoms with Gasteiger partial charge in [0.15, 0.2) is 5.65 Å². The SMILES string of the molecule is Nc1ncnc2c1c(-c1ccc(Oc3ccccc3)cc1)nn2C1CCN(C2CCN(CCCN3CCN(c4ccc(NC5CCC(=O)NC5=O)cc4)CC3)CC2)CC1. The third-order valence-electron chi connectivity index (χ3n) is 12.7. The highest BCUT2D eigenvalue weighted by Gasteiger charge is 2.31. The lowest BCUT2D eigenvalue weighted by molar-refractivity contribution is -0.133. The molecule has 3 aromatic carbocycles. The number of hydrogen-bond donors (Lipinski definition) is 3. The molecule has 0 radical (unpaired) electrons. The number of nitrogen functional groups attached to an aromatic ring is 1. The molecule has 1 atom stereocenters. The van der Waals surface area contributed by atoms with Gasteiger partial charge in [-0.25, -0.2) is 14.6 Å². The maximum absolute atomic E-state index is 12.1. The van der Waals surface area contributed by atoms with Crippen molar-refractivity contribution in [1.29, 1.82) is 0 Å². The Morgan fingerprint density at radius 1 is 0.729 bits per heavy atom. The molecular formula is C45H55N11O3. The number of carbonyl (C=O) groups is 2. The van der Waals surface area contributed by atoms with Crippen LogP contribution in [0.15, 0.2) is 85.2 Å². The number of para-hydroxylation sites is 1. The highest BCUT2D eigenvalue weighted by atomic mass is 16.5. The van der Waals surface area contributed by atoms with Crippen molar-refractivity contribution in [3.8, 4) is 22.8 Å². The minimum absolute atomic E-state index is 0.194. The lowest BCUT2D eigenvalue weighted by atomic mass is 9.97. The van der Waals surface area contributed by atoms with Crippen LogP contribution in [0.25, 0.3) is 22.3 Å². The zero-order valence-electron chi connectivity index (χ0n) is 33.7. The van der Waals surface area contributed by atoms with Gasteiger partial charge in [-0.1, -0.05) is 18.2 Å². The van der Waals surface area contributed by atoms with Crippen LogP contribution in [-0.4, -0.2) is 124 Å². The number of anilines is 3. The van der Waals surface area contributed by atoms with Gasteiger partial charge in [-0.15, -0.1) is 0 Å². The number of benzene rings is 3. The smallest absolute Gasteiger partial charge is 0.249 e. The van der Waals surface area contributed by atoms with Gasteiger partial charge in [0.05, 0.1) is 11.4 Å². The summed E-state index contributed by atoms with van der Waals surface area (Å²) in [5.74, 6) is 1.58. The third kappa shape index (κ3) is 9.04. The van der Waals surface area contributed by atoms with Crippen molar-refractivity contribution in [2.75, 3.05) is 81.4 Å². The van der Waals surface area contributed by atoms with Gasteiger partial charge in [-0.05, 0) is 125 Å². The first-order chi connectivity index (χ1) is 28.9. The molecule has 6 heterocycles. The number of nitrogens with one attached hydrogen (secondary N) is 2. The summed E-state index contributed by atoms with van der Waals surface area (Å²) in [4.78, 5) is 43.0. The molecule has 4 aliphatic rings. The molecule has 4 saturated heterocycles. The van der Waals surface area contributed by atoms with E-state index >= 15 is 0 Å². The van der Waals surface area contributed by atoms with Gasteiger partial charge >= 0.3 is 0 Å². The van der Waals surface area contributed by atoms with E-state index in [2.05, 4.69) is 57.0 Å². The van der Waals surface area contributed by atoms with Crippen LogP contribution >= 0.6 is 0 Å². The van der Waals surface area contributed by atoms with E-state index in [0.29, 0.717) is 24.7 Å². The molecule has 4 aliphatic heterocycles. The summed E-state index contributed by atoms with van der Waals surface area (Å²) in [5, 5.41) is 11.6. The summed E-state index contributed by atoms with van der Waals surface area (Å²) in [7, 11) is 0. The minimum atomic E-state index is -0.363. The molecule has 308 valence electrons. The highest BCUT2D eigenvalue weighted by Crippen LogP contribution is 2.36. The zero-order chi connectivity index (χ0) is 40.1. The number of piperazine rings is 1. The van der Waals surface area contributed by atoms with Crippen molar-refractivity contribution in [1.82, 2.24) is 39.8 Å². The molecule has 9 rings (SSSR count). The predicted molar refractivity (Wildman–Crippen MR) is 230 cm³/mol. The van der Waals surface area contributed by atoms with Gasteiger partial charge in [-0.2, -0.15) is 5.10 Å². The molecule has 0 spiro atoms. The number of rotatable bonds is 12. The first-order valence-electron chi connectivity index (χ1n) is 21.4. The second kappa shape index (κ2) is 17.7. The highest BCUT2D eigenvalue weighted by molar-refractivity contribution is 6.01. The van der Waals surface area contributed by atoms with E-state index in [1.165, 1.54) is 44.6 Å². The number of piperidine rings is 3. The van der Waals surface area contributed by atoms with E-state index in [0.717, 1.165) is 98.1 Å². The molecule has 4 N–H and O–H groups in total. The Balaban J connectivity index is 0.702. The molecule has 14 heteroatoms. The number of nitrogens with two attached hydrogens (primary N) is 1. The van der Waals surface area contributed by atoms with Crippen molar-refractivity contribution in [3.05, 3.63) is 85.2 Å². The summed E-state index contributed by atoms with van der Waals surface area (Å²) in [6.07, 6.45) is 8.18. The standard InChI is InChI=1S/C45H55N11O3/c46-43-41-42(32-7-13-38(14-8-32)59-37-5-2-1-3-6-37)51-56(44(41)48-31-47-43)36-19-25-54(26-20-36)35-17-23-52(24-18-35)21-4-22-53-27-29-55(30-28-53)34-11-9-33(10-12-34)49-39-15-16-40(57)50-45(39)58/h1-3,5-14,31,35-36,39,49H,4,15-30H2,(H2,46,47,48)(H,50,57,58). The average Bonchev–Trinajstić information content (AvgIpc) is 3.67. The second-order valence-electron chi connectivity index (χ2n) is 16.4. The Morgan fingerprint density at radius 2 is 1.41 bits per heavy atom. The zero-order valence-corrected chi connectivity index (χ0v) is 33.7.